The molecule has 0 N–H and O–H groups in total. The van der Waals surface area contributed by atoms with Crippen LogP contribution in [0.25, 0.3) is 4.85 Å². The minimum Gasteiger partial charge on any atom is -0.494 e. The normalized spacial score (nSPS) is 11.8. The summed E-state index contributed by atoms with van der Waals surface area (Å²) in [5, 5.41) is 0. The Kier molecular flexibility index (Phi) is 6.58. The van der Waals surface area contributed by atoms with E-state index in [1.165, 1.54) is 0 Å². The summed E-state index contributed by atoms with van der Waals surface area (Å²) >= 11 is 0. The highest BCUT2D eigenvalue weighted by molar-refractivity contribution is 5.77. The van der Waals surface area contributed by atoms with Crippen LogP contribution < -0.4 is 4.74 Å². The molecule has 1 aromatic carbocycles. The lowest BCUT2D eigenvalue weighted by Gasteiger charge is -2.09. The molecule has 1 rings (SSSR count). The number of nitrogens with zero attached hydrogens (tertiary/aromatic N) is 1. The second kappa shape index (κ2) is 8.21. The Morgan fingerprint density at radius 2 is 1.95 bits per heavy atom. The van der Waals surface area contributed by atoms with Crippen molar-refractivity contribution in [3.8, 4) is 5.75 Å². The smallest absolute Gasteiger partial charge is 0.390 e. The number of ether oxygens (including phenoxy) is 2. The maximum atomic E-state index is 11.8. The molecule has 0 amide bonds. The highest BCUT2D eigenvalue weighted by atomic mass is 16.5. The number of rotatable bonds is 7. The molecule has 0 heterocycles. The Hall–Kier alpha value is -2.02. The number of carbonyl (C=O) groups is 1. The van der Waals surface area contributed by atoms with Crippen LogP contribution in [-0.4, -0.2) is 18.6 Å². The first kappa shape index (κ1) is 16.0. The van der Waals surface area contributed by atoms with Crippen LogP contribution in [0.5, 0.6) is 5.75 Å². The predicted octanol–water partition coefficient (Wildman–Crippen LogP) is 3.46. The molecule has 20 heavy (non-hydrogen) atoms. The molecular formula is C16H21NO3. The zero-order valence-electron chi connectivity index (χ0n) is 12.3. The van der Waals surface area contributed by atoms with E-state index in [2.05, 4.69) is 4.85 Å². The first-order valence-corrected chi connectivity index (χ1v) is 6.81. The van der Waals surface area contributed by atoms with Gasteiger partial charge in [-0.1, -0.05) is 26.0 Å². The molecule has 0 radical (unpaired) electrons. The Morgan fingerprint density at radius 1 is 1.30 bits per heavy atom. The predicted molar refractivity (Wildman–Crippen MR) is 77.3 cm³/mol. The van der Waals surface area contributed by atoms with Gasteiger partial charge in [0.25, 0.3) is 0 Å². The van der Waals surface area contributed by atoms with Crippen LogP contribution in [0.4, 0.5) is 0 Å². The third-order valence-corrected chi connectivity index (χ3v) is 2.74. The third-order valence-electron chi connectivity index (χ3n) is 2.74. The lowest BCUT2D eigenvalue weighted by molar-refractivity contribution is -0.145. The average Bonchev–Trinajstić information content (AvgIpc) is 2.43. The van der Waals surface area contributed by atoms with Gasteiger partial charge in [0.1, 0.15) is 12.4 Å². The van der Waals surface area contributed by atoms with Crippen LogP contribution in [-0.2, 0) is 16.1 Å². The van der Waals surface area contributed by atoms with Crippen molar-refractivity contribution in [3.63, 3.8) is 0 Å². The molecule has 4 heteroatoms. The molecule has 1 unspecified atom stereocenters. The maximum absolute atomic E-state index is 11.8. The first-order chi connectivity index (χ1) is 9.56. The lowest BCUT2D eigenvalue weighted by Crippen LogP contribution is -2.21. The van der Waals surface area contributed by atoms with Gasteiger partial charge in [-0.3, -0.25) is 0 Å². The van der Waals surface area contributed by atoms with E-state index in [0.717, 1.165) is 11.3 Å². The van der Waals surface area contributed by atoms with Gasteiger partial charge in [-0.15, -0.1) is 0 Å². The Morgan fingerprint density at radius 3 is 2.45 bits per heavy atom. The first-order valence-electron chi connectivity index (χ1n) is 6.81. The van der Waals surface area contributed by atoms with E-state index in [4.69, 9.17) is 16.0 Å². The van der Waals surface area contributed by atoms with Gasteiger partial charge in [0.05, 0.1) is 6.61 Å². The molecule has 0 aliphatic rings. The highest BCUT2D eigenvalue weighted by Gasteiger charge is 2.26. The van der Waals surface area contributed by atoms with E-state index in [0.29, 0.717) is 18.9 Å². The summed E-state index contributed by atoms with van der Waals surface area (Å²) < 4.78 is 10.5. The maximum Gasteiger partial charge on any atom is 0.390 e. The SMILES string of the molecule is [C-]#[N+]C(CC(C)C)C(=O)OCc1ccc(OCC)cc1. The Bertz CT molecular complexity index is 460. The molecule has 0 saturated heterocycles. The van der Waals surface area contributed by atoms with Gasteiger partial charge < -0.3 is 14.3 Å². The molecule has 0 aromatic heterocycles. The fourth-order valence-electron chi connectivity index (χ4n) is 1.75. The highest BCUT2D eigenvalue weighted by Crippen LogP contribution is 2.14. The summed E-state index contributed by atoms with van der Waals surface area (Å²) in [4.78, 5) is 15.1. The molecule has 0 saturated carbocycles. The molecule has 1 atom stereocenters. The topological polar surface area (TPSA) is 39.9 Å². The number of benzene rings is 1. The minimum absolute atomic E-state index is 0.190. The van der Waals surface area contributed by atoms with Crippen molar-refractivity contribution < 1.29 is 14.3 Å². The largest absolute Gasteiger partial charge is 0.494 e. The van der Waals surface area contributed by atoms with Gasteiger partial charge in [-0.2, -0.15) is 0 Å². The second-order valence-electron chi connectivity index (χ2n) is 4.96. The van der Waals surface area contributed by atoms with Crippen LogP contribution in [0.15, 0.2) is 24.3 Å². The fraction of sp³-hybridized carbons (Fsp3) is 0.500. The van der Waals surface area contributed by atoms with Gasteiger partial charge in [-0.25, -0.2) is 11.4 Å². The van der Waals surface area contributed by atoms with Gasteiger partial charge in [0, 0.05) is 6.42 Å². The van der Waals surface area contributed by atoms with E-state index in [1.807, 2.05) is 45.0 Å². The molecule has 0 fully saturated rings. The van der Waals surface area contributed by atoms with Crippen molar-refractivity contribution in [3.05, 3.63) is 41.2 Å². The lowest BCUT2D eigenvalue weighted by atomic mass is 10.0. The summed E-state index contributed by atoms with van der Waals surface area (Å²) in [5.74, 6) is 0.649. The standard InChI is InChI=1S/C16H21NO3/c1-5-19-14-8-6-13(7-9-14)11-20-16(18)15(17-4)10-12(2)3/h6-9,12,15H,5,10-11H2,1-3H3. The van der Waals surface area contributed by atoms with Gasteiger partial charge >= 0.3 is 12.0 Å². The summed E-state index contributed by atoms with van der Waals surface area (Å²) in [6.45, 7) is 13.8. The molecule has 108 valence electrons. The van der Waals surface area contributed by atoms with Crippen molar-refractivity contribution in [1.29, 1.82) is 0 Å². The van der Waals surface area contributed by atoms with Crippen LogP contribution >= 0.6 is 0 Å². The molecule has 0 bridgehead atoms. The van der Waals surface area contributed by atoms with E-state index in [9.17, 15) is 4.79 Å². The second-order valence-corrected chi connectivity index (χ2v) is 4.96. The monoisotopic (exact) mass is 275 g/mol. The van der Waals surface area contributed by atoms with E-state index < -0.39 is 12.0 Å². The Balaban J connectivity index is 2.49. The van der Waals surface area contributed by atoms with Crippen molar-refractivity contribution >= 4 is 5.97 Å². The number of hydrogen-bond acceptors (Lipinski definition) is 3. The summed E-state index contributed by atoms with van der Waals surface area (Å²) in [5.41, 5.74) is 0.884. The van der Waals surface area contributed by atoms with Crippen LogP contribution in [0.2, 0.25) is 0 Å². The molecule has 4 nitrogen and oxygen atoms in total. The fourth-order valence-corrected chi connectivity index (χ4v) is 1.75. The molecule has 0 spiro atoms. The number of esters is 1. The van der Waals surface area contributed by atoms with Gasteiger partial charge in [-0.05, 0) is 30.5 Å². The summed E-state index contributed by atoms with van der Waals surface area (Å²) in [7, 11) is 0. The molecule has 0 aliphatic heterocycles. The number of carbonyl (C=O) groups excluding carboxylic acids is 1. The van der Waals surface area contributed by atoms with Crippen molar-refractivity contribution in [2.24, 2.45) is 5.92 Å². The van der Waals surface area contributed by atoms with E-state index >= 15 is 0 Å². The average molecular weight is 275 g/mol. The van der Waals surface area contributed by atoms with E-state index in [1.54, 1.807) is 0 Å². The van der Waals surface area contributed by atoms with Crippen LogP contribution in [0.3, 0.4) is 0 Å². The minimum atomic E-state index is -0.697. The van der Waals surface area contributed by atoms with Crippen LogP contribution in [0.1, 0.15) is 32.8 Å². The summed E-state index contributed by atoms with van der Waals surface area (Å²) in [6, 6.07) is 6.69. The van der Waals surface area contributed by atoms with Crippen molar-refractivity contribution in [1.82, 2.24) is 0 Å². The summed E-state index contributed by atoms with van der Waals surface area (Å²) in [6.07, 6.45) is 0.533. The van der Waals surface area contributed by atoms with Crippen molar-refractivity contribution in [2.75, 3.05) is 6.61 Å². The quantitative estimate of drug-likeness (QED) is 0.565. The molecule has 1 aromatic rings. The molecule has 0 aliphatic carbocycles. The van der Waals surface area contributed by atoms with Crippen molar-refractivity contribution in [2.45, 2.75) is 39.8 Å². The van der Waals surface area contributed by atoms with Crippen LogP contribution in [0, 0.1) is 12.5 Å². The Labute approximate surface area is 120 Å². The molecular weight excluding hydrogens is 254 g/mol. The van der Waals surface area contributed by atoms with E-state index in [-0.39, 0.29) is 6.61 Å². The van der Waals surface area contributed by atoms with Gasteiger partial charge in [0.2, 0.25) is 0 Å². The zero-order valence-corrected chi connectivity index (χ0v) is 12.3. The number of hydrogen-bond donors (Lipinski definition) is 0. The van der Waals surface area contributed by atoms with Gasteiger partial charge in [0.15, 0.2) is 0 Å². The zero-order chi connectivity index (χ0) is 15.0. The third kappa shape index (κ3) is 5.31.